The van der Waals surface area contributed by atoms with Gasteiger partial charge in [-0.3, -0.25) is 14.4 Å². The van der Waals surface area contributed by atoms with Crippen LogP contribution in [-0.2, 0) is 14.4 Å². The Balaban J connectivity index is 2.61. The molecular weight excluding hydrogens is 260 g/mol. The second-order valence-electron chi connectivity index (χ2n) is 5.82. The third-order valence-corrected chi connectivity index (χ3v) is 3.54. The van der Waals surface area contributed by atoms with Gasteiger partial charge in [0.2, 0.25) is 11.8 Å². The largest absolute Gasteiger partial charge is 0.481 e. The summed E-state index contributed by atoms with van der Waals surface area (Å²) in [5.74, 6) is -1.17. The first-order chi connectivity index (χ1) is 9.31. The molecule has 1 aliphatic heterocycles. The van der Waals surface area contributed by atoms with E-state index in [4.69, 9.17) is 5.11 Å². The Labute approximate surface area is 119 Å². The van der Waals surface area contributed by atoms with Gasteiger partial charge in [-0.25, -0.2) is 0 Å². The van der Waals surface area contributed by atoms with Gasteiger partial charge in [-0.05, 0) is 25.2 Å². The van der Waals surface area contributed by atoms with Crippen LogP contribution in [0.5, 0.6) is 0 Å². The van der Waals surface area contributed by atoms with Gasteiger partial charge in [0, 0.05) is 20.0 Å². The van der Waals surface area contributed by atoms with E-state index in [1.807, 2.05) is 13.8 Å². The number of aliphatic carboxylic acids is 1. The number of amides is 2. The molecule has 1 rings (SSSR count). The molecule has 0 saturated carbocycles. The van der Waals surface area contributed by atoms with Gasteiger partial charge < -0.3 is 15.3 Å². The minimum atomic E-state index is -0.794. The van der Waals surface area contributed by atoms with E-state index in [-0.39, 0.29) is 17.7 Å². The molecular formula is C14H24N2O4. The molecule has 20 heavy (non-hydrogen) atoms. The van der Waals surface area contributed by atoms with E-state index in [0.717, 1.165) is 0 Å². The maximum Gasteiger partial charge on any atom is 0.306 e. The van der Waals surface area contributed by atoms with Gasteiger partial charge in [0.1, 0.15) is 6.04 Å². The number of nitrogens with zero attached hydrogens (tertiary/aromatic N) is 1. The van der Waals surface area contributed by atoms with E-state index in [9.17, 15) is 14.4 Å². The summed E-state index contributed by atoms with van der Waals surface area (Å²) < 4.78 is 0. The minimum absolute atomic E-state index is 0.0993. The molecule has 2 amide bonds. The third-order valence-electron chi connectivity index (χ3n) is 3.54. The fourth-order valence-electron chi connectivity index (χ4n) is 2.51. The summed E-state index contributed by atoms with van der Waals surface area (Å²) in [5, 5.41) is 11.6. The third kappa shape index (κ3) is 4.83. The number of rotatable bonds is 5. The number of piperidine rings is 1. The molecule has 0 bridgehead atoms. The zero-order chi connectivity index (χ0) is 15.3. The van der Waals surface area contributed by atoms with Crippen molar-refractivity contribution >= 4 is 17.8 Å². The van der Waals surface area contributed by atoms with Crippen molar-refractivity contribution in [1.82, 2.24) is 10.2 Å². The first kappa shape index (κ1) is 16.5. The summed E-state index contributed by atoms with van der Waals surface area (Å²) in [5.41, 5.74) is 0. The number of nitrogens with one attached hydrogen (secondary N) is 1. The lowest BCUT2D eigenvalue weighted by Gasteiger charge is -2.33. The van der Waals surface area contributed by atoms with Crippen LogP contribution >= 0.6 is 0 Å². The molecule has 6 heteroatoms. The molecule has 1 saturated heterocycles. The van der Waals surface area contributed by atoms with Crippen molar-refractivity contribution in [3.8, 4) is 0 Å². The van der Waals surface area contributed by atoms with Crippen LogP contribution in [0.4, 0.5) is 0 Å². The van der Waals surface area contributed by atoms with Crippen LogP contribution in [0.1, 0.15) is 40.0 Å². The molecule has 1 aliphatic rings. The molecule has 0 unspecified atom stereocenters. The Morgan fingerprint density at radius 3 is 2.20 bits per heavy atom. The van der Waals surface area contributed by atoms with E-state index < -0.39 is 12.0 Å². The maximum absolute atomic E-state index is 12.4. The molecule has 0 aromatic heterocycles. The predicted molar refractivity (Wildman–Crippen MR) is 74.0 cm³/mol. The van der Waals surface area contributed by atoms with Crippen molar-refractivity contribution in [1.29, 1.82) is 0 Å². The number of carboxylic acids is 1. The van der Waals surface area contributed by atoms with Crippen molar-refractivity contribution in [2.45, 2.75) is 46.1 Å². The number of carbonyl (C=O) groups is 3. The molecule has 0 aromatic rings. The Kier molecular flexibility index (Phi) is 5.98. The zero-order valence-electron chi connectivity index (χ0n) is 12.4. The standard InChI is InChI=1S/C14H24N2O4/c1-9(2)8-12(15-10(3)17)13(18)16-6-4-11(5-7-16)14(19)20/h9,11-12H,4-8H2,1-3H3,(H,15,17)(H,19,20)/t12-/m0/s1. The molecule has 1 heterocycles. The van der Waals surface area contributed by atoms with Gasteiger partial charge in [-0.2, -0.15) is 0 Å². The maximum atomic E-state index is 12.4. The van der Waals surface area contributed by atoms with Crippen molar-refractivity contribution in [3.63, 3.8) is 0 Å². The second kappa shape index (κ2) is 7.26. The van der Waals surface area contributed by atoms with Crippen LogP contribution in [0.3, 0.4) is 0 Å². The predicted octanol–water partition coefficient (Wildman–Crippen LogP) is 0.860. The highest BCUT2D eigenvalue weighted by molar-refractivity contribution is 5.87. The Morgan fingerprint density at radius 1 is 1.25 bits per heavy atom. The van der Waals surface area contributed by atoms with E-state index in [1.54, 1.807) is 4.90 Å². The van der Waals surface area contributed by atoms with E-state index in [1.165, 1.54) is 6.92 Å². The summed E-state index contributed by atoms with van der Waals surface area (Å²) in [6.45, 7) is 6.29. The van der Waals surface area contributed by atoms with Gasteiger partial charge in [0.25, 0.3) is 0 Å². The van der Waals surface area contributed by atoms with Crippen LogP contribution in [0.25, 0.3) is 0 Å². The molecule has 6 nitrogen and oxygen atoms in total. The number of hydrogen-bond donors (Lipinski definition) is 2. The van der Waals surface area contributed by atoms with Gasteiger partial charge in [0.05, 0.1) is 5.92 Å². The van der Waals surface area contributed by atoms with Gasteiger partial charge in [-0.1, -0.05) is 13.8 Å². The van der Waals surface area contributed by atoms with Crippen LogP contribution in [0.15, 0.2) is 0 Å². The van der Waals surface area contributed by atoms with E-state index >= 15 is 0 Å². The highest BCUT2D eigenvalue weighted by atomic mass is 16.4. The van der Waals surface area contributed by atoms with Crippen LogP contribution in [-0.4, -0.2) is 46.9 Å². The Bertz CT molecular complexity index is 373. The number of carbonyl (C=O) groups excluding carboxylic acids is 2. The fraction of sp³-hybridized carbons (Fsp3) is 0.786. The smallest absolute Gasteiger partial charge is 0.306 e. The SMILES string of the molecule is CC(=O)N[C@@H](CC(C)C)C(=O)N1CCC(C(=O)O)CC1. The van der Waals surface area contributed by atoms with E-state index in [0.29, 0.717) is 38.3 Å². The molecule has 0 radical (unpaired) electrons. The number of carboxylic acid groups (broad SMARTS) is 1. The monoisotopic (exact) mass is 284 g/mol. The van der Waals surface area contributed by atoms with Gasteiger partial charge in [0.15, 0.2) is 0 Å². The number of likely N-dealkylation sites (tertiary alicyclic amines) is 1. The van der Waals surface area contributed by atoms with Crippen LogP contribution in [0.2, 0.25) is 0 Å². The van der Waals surface area contributed by atoms with Crippen molar-refractivity contribution in [2.24, 2.45) is 11.8 Å². The average molecular weight is 284 g/mol. The lowest BCUT2D eigenvalue weighted by Crippen LogP contribution is -2.51. The van der Waals surface area contributed by atoms with Crippen molar-refractivity contribution < 1.29 is 19.5 Å². The summed E-state index contributed by atoms with van der Waals surface area (Å²) >= 11 is 0. The first-order valence-corrected chi connectivity index (χ1v) is 7.10. The van der Waals surface area contributed by atoms with E-state index in [2.05, 4.69) is 5.32 Å². The summed E-state index contributed by atoms with van der Waals surface area (Å²) in [7, 11) is 0. The topological polar surface area (TPSA) is 86.7 Å². The molecule has 1 fully saturated rings. The first-order valence-electron chi connectivity index (χ1n) is 7.10. The summed E-state index contributed by atoms with van der Waals surface area (Å²) in [4.78, 5) is 36.2. The lowest BCUT2D eigenvalue weighted by molar-refractivity contribution is -0.146. The highest BCUT2D eigenvalue weighted by Gasteiger charge is 2.31. The normalized spacial score (nSPS) is 17.9. The average Bonchev–Trinajstić information content (AvgIpc) is 2.36. The molecule has 114 valence electrons. The van der Waals surface area contributed by atoms with Crippen molar-refractivity contribution in [2.75, 3.05) is 13.1 Å². The van der Waals surface area contributed by atoms with Crippen LogP contribution < -0.4 is 5.32 Å². The molecule has 0 aliphatic carbocycles. The van der Waals surface area contributed by atoms with Crippen LogP contribution in [0, 0.1) is 11.8 Å². The second-order valence-corrected chi connectivity index (χ2v) is 5.82. The lowest BCUT2D eigenvalue weighted by atomic mass is 9.95. The molecule has 0 aromatic carbocycles. The molecule has 2 N–H and O–H groups in total. The Morgan fingerprint density at radius 2 is 1.80 bits per heavy atom. The van der Waals surface area contributed by atoms with Gasteiger partial charge >= 0.3 is 5.97 Å². The summed E-state index contributed by atoms with van der Waals surface area (Å²) in [6.07, 6.45) is 1.56. The number of hydrogen-bond acceptors (Lipinski definition) is 3. The highest BCUT2D eigenvalue weighted by Crippen LogP contribution is 2.19. The minimum Gasteiger partial charge on any atom is -0.481 e. The molecule has 0 spiro atoms. The zero-order valence-corrected chi connectivity index (χ0v) is 12.4. The summed E-state index contributed by atoms with van der Waals surface area (Å²) in [6, 6.07) is -0.506. The quantitative estimate of drug-likeness (QED) is 0.784. The Hall–Kier alpha value is -1.59. The van der Waals surface area contributed by atoms with Gasteiger partial charge in [-0.15, -0.1) is 0 Å². The fourth-order valence-corrected chi connectivity index (χ4v) is 2.51. The molecule has 1 atom stereocenters. The van der Waals surface area contributed by atoms with Crippen molar-refractivity contribution in [3.05, 3.63) is 0 Å².